The molecule has 0 aliphatic heterocycles. The average Bonchev–Trinajstić information content (AvgIpc) is 2.57. The van der Waals surface area contributed by atoms with Gasteiger partial charge in [-0.05, 0) is 24.4 Å². The number of nitrogens with one attached hydrogen (secondary N) is 2. The fraction of sp³-hybridized carbons (Fsp3) is 0. The normalized spacial score (nSPS) is 10.7. The second-order valence-corrected chi connectivity index (χ2v) is 3.28. The van der Waals surface area contributed by atoms with Crippen LogP contribution in [-0.4, -0.2) is 14.8 Å². The van der Waals surface area contributed by atoms with E-state index in [0.717, 1.165) is 6.07 Å². The molecule has 1 heterocycles. The van der Waals surface area contributed by atoms with E-state index in [1.165, 1.54) is 0 Å². The standard InChI is InChI=1S/C8H4F3N3OS/c9-3-1-2-4(6(11)5(3)10)14-7(15)12-13-8(14)16/h1-2H,(H,12,15)(H,13,16). The van der Waals surface area contributed by atoms with Gasteiger partial charge in [-0.15, -0.1) is 0 Å². The summed E-state index contributed by atoms with van der Waals surface area (Å²) in [5.41, 5.74) is -1.22. The Kier molecular flexibility index (Phi) is 2.43. The third-order valence-corrected chi connectivity index (χ3v) is 2.22. The van der Waals surface area contributed by atoms with Gasteiger partial charge in [0, 0.05) is 0 Å². The quantitative estimate of drug-likeness (QED) is 0.594. The Bertz CT molecular complexity index is 630. The van der Waals surface area contributed by atoms with E-state index in [0.29, 0.717) is 10.6 Å². The van der Waals surface area contributed by atoms with E-state index in [-0.39, 0.29) is 4.77 Å². The fourth-order valence-corrected chi connectivity index (χ4v) is 1.45. The van der Waals surface area contributed by atoms with Crippen molar-refractivity contribution < 1.29 is 13.2 Å². The van der Waals surface area contributed by atoms with Crippen LogP contribution in [0.2, 0.25) is 0 Å². The largest absolute Gasteiger partial charge is 0.347 e. The molecule has 0 spiro atoms. The first kappa shape index (κ1) is 10.7. The number of aromatic amines is 2. The summed E-state index contributed by atoms with van der Waals surface area (Å²) in [7, 11) is 0. The Morgan fingerprint density at radius 1 is 1.12 bits per heavy atom. The van der Waals surface area contributed by atoms with Crippen molar-refractivity contribution in [3.05, 3.63) is 44.8 Å². The topological polar surface area (TPSA) is 53.6 Å². The molecule has 2 aromatic rings. The first-order chi connectivity index (χ1) is 7.52. The molecular formula is C8H4F3N3OS. The van der Waals surface area contributed by atoms with Crippen molar-refractivity contribution in [3.63, 3.8) is 0 Å². The minimum Gasteiger partial charge on any atom is -0.272 e. The Balaban J connectivity index is 2.81. The van der Waals surface area contributed by atoms with Gasteiger partial charge >= 0.3 is 5.69 Å². The first-order valence-corrected chi connectivity index (χ1v) is 4.46. The minimum absolute atomic E-state index is 0.144. The highest BCUT2D eigenvalue weighted by molar-refractivity contribution is 7.71. The summed E-state index contributed by atoms with van der Waals surface area (Å²) in [4.78, 5) is 11.2. The van der Waals surface area contributed by atoms with Crippen molar-refractivity contribution in [1.29, 1.82) is 0 Å². The van der Waals surface area contributed by atoms with Gasteiger partial charge in [-0.1, -0.05) is 0 Å². The summed E-state index contributed by atoms with van der Waals surface area (Å²) in [5.74, 6) is -4.46. The molecule has 0 atom stereocenters. The third-order valence-electron chi connectivity index (χ3n) is 1.94. The van der Waals surface area contributed by atoms with Crippen LogP contribution in [0.15, 0.2) is 16.9 Å². The van der Waals surface area contributed by atoms with Gasteiger partial charge in [0.1, 0.15) is 0 Å². The summed E-state index contributed by atoms with van der Waals surface area (Å²) < 4.78 is 39.5. The zero-order chi connectivity index (χ0) is 11.9. The van der Waals surface area contributed by atoms with E-state index in [9.17, 15) is 18.0 Å². The van der Waals surface area contributed by atoms with Crippen LogP contribution in [0.5, 0.6) is 0 Å². The van der Waals surface area contributed by atoms with Gasteiger partial charge in [-0.2, -0.15) is 0 Å². The number of hydrogen-bond donors (Lipinski definition) is 2. The van der Waals surface area contributed by atoms with Crippen LogP contribution in [-0.2, 0) is 0 Å². The van der Waals surface area contributed by atoms with Crippen LogP contribution >= 0.6 is 12.2 Å². The Morgan fingerprint density at radius 3 is 2.38 bits per heavy atom. The van der Waals surface area contributed by atoms with Crippen LogP contribution in [0.4, 0.5) is 13.2 Å². The molecule has 1 aromatic heterocycles. The molecule has 0 unspecified atom stereocenters. The van der Waals surface area contributed by atoms with Gasteiger partial charge in [0.2, 0.25) is 4.77 Å². The summed E-state index contributed by atoms with van der Waals surface area (Å²) >= 11 is 4.68. The lowest BCUT2D eigenvalue weighted by atomic mass is 10.3. The molecule has 4 nitrogen and oxygen atoms in total. The molecule has 0 radical (unpaired) electrons. The van der Waals surface area contributed by atoms with Gasteiger partial charge in [0.15, 0.2) is 17.5 Å². The van der Waals surface area contributed by atoms with E-state index in [2.05, 4.69) is 22.4 Å². The Labute approximate surface area is 91.3 Å². The molecule has 0 aliphatic carbocycles. The molecule has 0 amide bonds. The van der Waals surface area contributed by atoms with Crippen molar-refractivity contribution in [2.45, 2.75) is 0 Å². The number of hydrogen-bond acceptors (Lipinski definition) is 2. The number of rotatable bonds is 1. The smallest absolute Gasteiger partial charge is 0.272 e. The van der Waals surface area contributed by atoms with E-state index in [1.807, 2.05) is 0 Å². The summed E-state index contributed by atoms with van der Waals surface area (Å²) in [5, 5.41) is 4.35. The van der Waals surface area contributed by atoms with Crippen molar-refractivity contribution >= 4 is 12.2 Å². The lowest BCUT2D eigenvalue weighted by Gasteiger charge is -2.03. The molecular weight excluding hydrogens is 243 g/mol. The number of halogens is 3. The van der Waals surface area contributed by atoms with Crippen LogP contribution in [0, 0.1) is 22.2 Å². The number of benzene rings is 1. The molecule has 0 saturated heterocycles. The summed E-state index contributed by atoms with van der Waals surface area (Å²) in [6.45, 7) is 0. The zero-order valence-corrected chi connectivity index (χ0v) is 8.37. The number of aromatic nitrogens is 3. The maximum absolute atomic E-state index is 13.3. The Hall–Kier alpha value is -1.83. The average molecular weight is 247 g/mol. The SMILES string of the molecule is O=c1[nH][nH]c(=S)n1-c1ccc(F)c(F)c1F. The first-order valence-electron chi connectivity index (χ1n) is 4.06. The van der Waals surface area contributed by atoms with E-state index >= 15 is 0 Å². The van der Waals surface area contributed by atoms with Gasteiger partial charge in [0.05, 0.1) is 5.69 Å². The molecule has 8 heteroatoms. The molecule has 0 saturated carbocycles. The Morgan fingerprint density at radius 2 is 1.81 bits per heavy atom. The highest BCUT2D eigenvalue weighted by Crippen LogP contribution is 2.17. The predicted octanol–water partition coefficient (Wildman–Crippen LogP) is 1.64. The van der Waals surface area contributed by atoms with Crippen LogP contribution in [0.1, 0.15) is 0 Å². The summed E-state index contributed by atoms with van der Waals surface area (Å²) in [6.07, 6.45) is 0. The molecule has 0 fully saturated rings. The highest BCUT2D eigenvalue weighted by Gasteiger charge is 2.16. The lowest BCUT2D eigenvalue weighted by Crippen LogP contribution is -2.17. The fourth-order valence-electron chi connectivity index (χ4n) is 1.22. The molecule has 1 aromatic carbocycles. The predicted molar refractivity (Wildman–Crippen MR) is 51.4 cm³/mol. The molecule has 0 aliphatic rings. The maximum Gasteiger partial charge on any atom is 0.347 e. The van der Waals surface area contributed by atoms with Crippen molar-refractivity contribution in [2.75, 3.05) is 0 Å². The van der Waals surface area contributed by atoms with Gasteiger partial charge in [0.25, 0.3) is 0 Å². The molecule has 2 N–H and O–H groups in total. The van der Waals surface area contributed by atoms with E-state index < -0.39 is 28.8 Å². The maximum atomic E-state index is 13.3. The summed E-state index contributed by atoms with van der Waals surface area (Å²) in [6, 6.07) is 1.63. The molecule has 84 valence electrons. The van der Waals surface area contributed by atoms with Crippen LogP contribution in [0.3, 0.4) is 0 Å². The third kappa shape index (κ3) is 1.47. The van der Waals surface area contributed by atoms with Crippen molar-refractivity contribution in [3.8, 4) is 5.69 Å². The van der Waals surface area contributed by atoms with E-state index in [4.69, 9.17) is 0 Å². The zero-order valence-electron chi connectivity index (χ0n) is 7.55. The number of nitrogens with zero attached hydrogens (tertiary/aromatic N) is 1. The van der Waals surface area contributed by atoms with Crippen LogP contribution < -0.4 is 5.69 Å². The van der Waals surface area contributed by atoms with Gasteiger partial charge in [-0.3, -0.25) is 5.10 Å². The van der Waals surface area contributed by atoms with Crippen molar-refractivity contribution in [2.24, 2.45) is 0 Å². The molecule has 2 rings (SSSR count). The highest BCUT2D eigenvalue weighted by atomic mass is 32.1. The van der Waals surface area contributed by atoms with Gasteiger partial charge in [-0.25, -0.2) is 27.6 Å². The monoisotopic (exact) mass is 247 g/mol. The second kappa shape index (κ2) is 3.63. The van der Waals surface area contributed by atoms with Gasteiger partial charge < -0.3 is 0 Å². The van der Waals surface area contributed by atoms with E-state index in [1.54, 1.807) is 0 Å². The number of H-pyrrole nitrogens is 2. The van der Waals surface area contributed by atoms with Crippen molar-refractivity contribution in [1.82, 2.24) is 14.8 Å². The minimum atomic E-state index is -1.65. The molecule has 16 heavy (non-hydrogen) atoms. The molecule has 0 bridgehead atoms. The van der Waals surface area contributed by atoms with Crippen LogP contribution in [0.25, 0.3) is 5.69 Å². The second-order valence-electron chi connectivity index (χ2n) is 2.89. The lowest BCUT2D eigenvalue weighted by molar-refractivity contribution is 0.444.